The molecule has 0 aromatic rings. The molecule has 0 aromatic carbocycles. The van der Waals surface area contributed by atoms with E-state index >= 15 is 0 Å². The number of rotatable bonds is 6. The summed E-state index contributed by atoms with van der Waals surface area (Å²) < 4.78 is 84.1. The lowest BCUT2D eigenvalue weighted by Gasteiger charge is -2.31. The Balaban J connectivity index is 4.93. The fourth-order valence-electron chi connectivity index (χ4n) is 0.822. The van der Waals surface area contributed by atoms with Crippen molar-refractivity contribution < 1.29 is 40.6 Å². The molecule has 0 heterocycles. The molecule has 3 nitrogen and oxygen atoms in total. The summed E-state index contributed by atoms with van der Waals surface area (Å²) in [4.78, 5) is 10.2. The van der Waals surface area contributed by atoms with Crippen molar-refractivity contribution in [3.8, 4) is 0 Å². The van der Waals surface area contributed by atoms with Crippen LogP contribution in [0.3, 0.4) is 0 Å². The van der Waals surface area contributed by atoms with Gasteiger partial charge in [0, 0.05) is 14.0 Å². The normalized spacial score (nSPS) is 13.6. The van der Waals surface area contributed by atoms with Crippen molar-refractivity contribution >= 4 is 5.97 Å². The second kappa shape index (κ2) is 5.11. The first-order valence-corrected chi connectivity index (χ1v) is 4.23. The third-order valence-corrected chi connectivity index (χ3v) is 1.70. The van der Waals surface area contributed by atoms with E-state index in [1.807, 2.05) is 0 Å². The van der Waals surface area contributed by atoms with Crippen molar-refractivity contribution in [1.29, 1.82) is 0 Å². The van der Waals surface area contributed by atoms with Crippen LogP contribution < -0.4 is 0 Å². The van der Waals surface area contributed by atoms with Crippen LogP contribution in [0.15, 0.2) is 0 Å². The molecule has 0 radical (unpaired) electrons. The first kappa shape index (κ1) is 16.0. The first-order valence-electron chi connectivity index (χ1n) is 4.23. The lowest BCUT2D eigenvalue weighted by Crippen LogP contribution is -2.58. The molecule has 9 heteroatoms. The molecule has 102 valence electrons. The van der Waals surface area contributed by atoms with Gasteiger partial charge in [0.1, 0.15) is 6.61 Å². The van der Waals surface area contributed by atoms with Crippen LogP contribution in [-0.2, 0) is 14.3 Å². The number of alkyl halides is 6. The number of halogens is 6. The molecule has 0 spiro atoms. The van der Waals surface area contributed by atoms with E-state index in [0.29, 0.717) is 14.0 Å². The van der Waals surface area contributed by atoms with Crippen LogP contribution >= 0.6 is 0 Å². The molecule has 0 saturated heterocycles. The van der Waals surface area contributed by atoms with E-state index in [4.69, 9.17) is 0 Å². The average molecular weight is 268 g/mol. The first-order chi connectivity index (χ1) is 7.48. The Morgan fingerprint density at radius 2 is 1.41 bits per heavy atom. The maximum Gasteiger partial charge on any atom is 0.377 e. The highest BCUT2D eigenvalue weighted by Crippen LogP contribution is 2.45. The Hall–Kier alpha value is -0.990. The van der Waals surface area contributed by atoms with Crippen LogP contribution in [0.1, 0.15) is 6.92 Å². The zero-order valence-electron chi connectivity index (χ0n) is 8.91. The van der Waals surface area contributed by atoms with Gasteiger partial charge in [-0.2, -0.15) is 26.3 Å². The van der Waals surface area contributed by atoms with Crippen LogP contribution in [0, 0.1) is 0 Å². The van der Waals surface area contributed by atoms with Crippen molar-refractivity contribution in [3.05, 3.63) is 0 Å². The summed E-state index contributed by atoms with van der Waals surface area (Å²) in [6, 6.07) is 0. The number of carbonyl (C=O) groups is 1. The second-order valence-electron chi connectivity index (χ2n) is 3.20. The van der Waals surface area contributed by atoms with Gasteiger partial charge in [0.25, 0.3) is 0 Å². The largest absolute Gasteiger partial charge is 0.459 e. The third-order valence-electron chi connectivity index (χ3n) is 1.70. The third kappa shape index (κ3) is 3.48. The standard InChI is InChI=1S/C8H10F6O3/c1-5(15)17-4-7(11,12)8(13,14)6(9,10)3-16-2/h3-4H2,1-2H3. The average Bonchev–Trinajstić information content (AvgIpc) is 2.14. The van der Waals surface area contributed by atoms with Gasteiger partial charge in [0.05, 0.1) is 0 Å². The highest BCUT2D eigenvalue weighted by atomic mass is 19.3. The summed E-state index contributed by atoms with van der Waals surface area (Å²) in [6.07, 6.45) is 0. The molecule has 0 unspecified atom stereocenters. The highest BCUT2D eigenvalue weighted by molar-refractivity contribution is 5.65. The molecule has 0 saturated carbocycles. The topological polar surface area (TPSA) is 35.5 Å². The van der Waals surface area contributed by atoms with Crippen LogP contribution in [-0.4, -0.2) is 44.1 Å². The SMILES string of the molecule is COCC(F)(F)C(F)(F)C(F)(F)COC(C)=O. The summed E-state index contributed by atoms with van der Waals surface area (Å²) in [5.74, 6) is -17.2. The van der Waals surface area contributed by atoms with Crippen LogP contribution in [0.5, 0.6) is 0 Å². The van der Waals surface area contributed by atoms with E-state index < -0.39 is 37.0 Å². The summed E-state index contributed by atoms with van der Waals surface area (Å²) in [5.41, 5.74) is 0. The fraction of sp³-hybridized carbons (Fsp3) is 0.875. The van der Waals surface area contributed by atoms with E-state index in [-0.39, 0.29) is 0 Å². The number of hydrogen-bond donors (Lipinski definition) is 0. The summed E-state index contributed by atoms with van der Waals surface area (Å²) in [6.45, 7) is -3.33. The molecule has 0 rings (SSSR count). The van der Waals surface area contributed by atoms with Gasteiger partial charge >= 0.3 is 23.7 Å². The Morgan fingerprint density at radius 1 is 1.00 bits per heavy atom. The number of hydrogen-bond acceptors (Lipinski definition) is 3. The molecule has 0 aromatic heterocycles. The van der Waals surface area contributed by atoms with Gasteiger partial charge in [0.15, 0.2) is 6.61 Å². The van der Waals surface area contributed by atoms with Crippen molar-refractivity contribution in [2.24, 2.45) is 0 Å². The van der Waals surface area contributed by atoms with E-state index in [2.05, 4.69) is 9.47 Å². The number of carbonyl (C=O) groups excluding carboxylic acids is 1. The minimum Gasteiger partial charge on any atom is -0.459 e. The minimum atomic E-state index is -5.69. The minimum absolute atomic E-state index is 0.661. The Labute approximate surface area is 92.7 Å². The van der Waals surface area contributed by atoms with E-state index in [0.717, 1.165) is 0 Å². The Kier molecular flexibility index (Phi) is 4.81. The molecular formula is C8H10F6O3. The molecule has 0 amide bonds. The molecule has 0 bridgehead atoms. The van der Waals surface area contributed by atoms with Gasteiger partial charge in [-0.1, -0.05) is 0 Å². The summed E-state index contributed by atoms with van der Waals surface area (Å²) in [7, 11) is 0.661. The monoisotopic (exact) mass is 268 g/mol. The number of methoxy groups -OCH3 is 1. The van der Waals surface area contributed by atoms with Gasteiger partial charge in [-0.3, -0.25) is 4.79 Å². The quantitative estimate of drug-likeness (QED) is 0.546. The second-order valence-corrected chi connectivity index (χ2v) is 3.20. The molecule has 0 aliphatic rings. The Morgan fingerprint density at radius 3 is 1.76 bits per heavy atom. The fourth-order valence-corrected chi connectivity index (χ4v) is 0.822. The molecule has 0 N–H and O–H groups in total. The predicted octanol–water partition coefficient (Wildman–Crippen LogP) is 2.10. The lowest BCUT2D eigenvalue weighted by atomic mass is 10.1. The van der Waals surface area contributed by atoms with Crippen LogP contribution in [0.2, 0.25) is 0 Å². The van der Waals surface area contributed by atoms with Crippen molar-refractivity contribution in [1.82, 2.24) is 0 Å². The molecule has 0 aliphatic carbocycles. The van der Waals surface area contributed by atoms with Crippen molar-refractivity contribution in [3.63, 3.8) is 0 Å². The maximum absolute atomic E-state index is 12.8. The maximum atomic E-state index is 12.8. The van der Waals surface area contributed by atoms with Gasteiger partial charge in [-0.05, 0) is 0 Å². The zero-order valence-corrected chi connectivity index (χ0v) is 8.91. The highest BCUT2D eigenvalue weighted by Gasteiger charge is 2.71. The van der Waals surface area contributed by atoms with Crippen LogP contribution in [0.4, 0.5) is 26.3 Å². The van der Waals surface area contributed by atoms with E-state index in [1.165, 1.54) is 0 Å². The van der Waals surface area contributed by atoms with E-state index in [1.54, 1.807) is 0 Å². The number of esters is 1. The van der Waals surface area contributed by atoms with Gasteiger partial charge < -0.3 is 9.47 Å². The summed E-state index contributed by atoms with van der Waals surface area (Å²) >= 11 is 0. The number of ether oxygens (including phenoxy) is 2. The van der Waals surface area contributed by atoms with Crippen LogP contribution in [0.25, 0.3) is 0 Å². The predicted molar refractivity (Wildman–Crippen MR) is 43.4 cm³/mol. The molecule has 0 aliphatic heterocycles. The molecule has 0 fully saturated rings. The van der Waals surface area contributed by atoms with Crippen molar-refractivity contribution in [2.45, 2.75) is 24.7 Å². The summed E-state index contributed by atoms with van der Waals surface area (Å²) in [5, 5.41) is 0. The van der Waals surface area contributed by atoms with Crippen molar-refractivity contribution in [2.75, 3.05) is 20.3 Å². The lowest BCUT2D eigenvalue weighted by molar-refractivity contribution is -0.325. The zero-order chi connectivity index (χ0) is 13.9. The molecular weight excluding hydrogens is 258 g/mol. The van der Waals surface area contributed by atoms with E-state index in [9.17, 15) is 31.1 Å². The molecule has 17 heavy (non-hydrogen) atoms. The van der Waals surface area contributed by atoms with Gasteiger partial charge in [0.2, 0.25) is 0 Å². The Bertz CT molecular complexity index is 278. The smallest absolute Gasteiger partial charge is 0.377 e. The molecule has 0 atom stereocenters. The van der Waals surface area contributed by atoms with Gasteiger partial charge in [-0.25, -0.2) is 0 Å². The van der Waals surface area contributed by atoms with Gasteiger partial charge in [-0.15, -0.1) is 0 Å².